The zero-order chi connectivity index (χ0) is 22.2. The Kier molecular flexibility index (Phi) is 8.18. The van der Waals surface area contributed by atoms with Crippen LogP contribution in [0.4, 0.5) is 10.1 Å². The van der Waals surface area contributed by atoms with E-state index in [2.05, 4.69) is 5.32 Å². The largest absolute Gasteiger partial charge is 0.384 e. The minimum atomic E-state index is -0.895. The fourth-order valence-corrected chi connectivity index (χ4v) is 4.11. The number of nitrogens with zero attached hydrogens (tertiary/aromatic N) is 1. The number of benzene rings is 2. The van der Waals surface area contributed by atoms with Gasteiger partial charge < -0.3 is 10.1 Å². The molecule has 1 aliphatic carbocycles. The van der Waals surface area contributed by atoms with E-state index in [0.29, 0.717) is 11.3 Å². The summed E-state index contributed by atoms with van der Waals surface area (Å²) in [5.74, 6) is -0.852. The minimum Gasteiger partial charge on any atom is -0.384 e. The van der Waals surface area contributed by atoms with E-state index in [0.717, 1.165) is 31.2 Å². The Morgan fingerprint density at radius 2 is 1.84 bits per heavy atom. The normalized spacial score (nSPS) is 15.3. The highest BCUT2D eigenvalue weighted by molar-refractivity contribution is 6.01. The third-order valence-electron chi connectivity index (χ3n) is 5.71. The summed E-state index contributed by atoms with van der Waals surface area (Å²) in [5.41, 5.74) is 2.18. The average molecular weight is 427 g/mol. The smallest absolute Gasteiger partial charge is 0.248 e. The number of hydrogen-bond donors (Lipinski definition) is 1. The molecule has 3 rings (SSSR count). The molecule has 2 aromatic rings. The number of ether oxygens (including phenoxy) is 1. The highest BCUT2D eigenvalue weighted by atomic mass is 19.1. The Hall–Kier alpha value is -2.73. The van der Waals surface area contributed by atoms with Crippen LogP contribution >= 0.6 is 0 Å². The molecule has 0 aromatic heterocycles. The molecule has 0 unspecified atom stereocenters. The second-order valence-corrected chi connectivity index (χ2v) is 8.14. The van der Waals surface area contributed by atoms with Crippen LogP contribution in [0, 0.1) is 12.7 Å². The minimum absolute atomic E-state index is 0.0950. The van der Waals surface area contributed by atoms with Gasteiger partial charge in [-0.1, -0.05) is 43.5 Å². The Morgan fingerprint density at radius 3 is 2.48 bits per heavy atom. The fourth-order valence-electron chi connectivity index (χ4n) is 4.11. The molecule has 0 bridgehead atoms. The number of methoxy groups -OCH3 is 1. The number of hydrogen-bond acceptors (Lipinski definition) is 3. The second-order valence-electron chi connectivity index (χ2n) is 8.14. The van der Waals surface area contributed by atoms with E-state index in [9.17, 15) is 14.0 Å². The molecular formula is C25H31FN2O3. The van der Waals surface area contributed by atoms with Crippen LogP contribution in [0.25, 0.3) is 0 Å². The Morgan fingerprint density at radius 1 is 1.13 bits per heavy atom. The van der Waals surface area contributed by atoms with E-state index >= 15 is 0 Å². The van der Waals surface area contributed by atoms with Gasteiger partial charge in [0, 0.05) is 18.8 Å². The van der Waals surface area contributed by atoms with Gasteiger partial charge in [0.05, 0.1) is 13.0 Å². The summed E-state index contributed by atoms with van der Waals surface area (Å²) in [6.45, 7) is 2.19. The van der Waals surface area contributed by atoms with Crippen molar-refractivity contribution in [3.63, 3.8) is 0 Å². The van der Waals surface area contributed by atoms with Gasteiger partial charge in [-0.3, -0.25) is 14.5 Å². The molecule has 1 N–H and O–H groups in total. The van der Waals surface area contributed by atoms with Crippen LogP contribution in [-0.2, 0) is 14.3 Å². The van der Waals surface area contributed by atoms with E-state index in [1.807, 2.05) is 31.2 Å². The number of aryl methyl sites for hydroxylation is 1. The lowest BCUT2D eigenvalue weighted by Gasteiger charge is -2.33. The topological polar surface area (TPSA) is 58.6 Å². The molecule has 0 heterocycles. The van der Waals surface area contributed by atoms with E-state index < -0.39 is 6.04 Å². The summed E-state index contributed by atoms with van der Waals surface area (Å²) >= 11 is 0. The van der Waals surface area contributed by atoms with E-state index in [1.165, 1.54) is 30.6 Å². The van der Waals surface area contributed by atoms with Gasteiger partial charge in [-0.2, -0.15) is 0 Å². The summed E-state index contributed by atoms with van der Waals surface area (Å²) in [6.07, 6.45) is 5.35. The number of nitrogens with one attached hydrogen (secondary N) is 1. The molecule has 1 saturated carbocycles. The first-order chi connectivity index (χ1) is 15.0. The van der Waals surface area contributed by atoms with Crippen molar-refractivity contribution in [2.75, 3.05) is 18.6 Å². The SMILES string of the molecule is COCCC(=O)N(c1cccc(C)c1)[C@H](C(=O)NC1CCCCC1)c1ccc(F)cc1. The van der Waals surface area contributed by atoms with Gasteiger partial charge in [0.1, 0.15) is 11.9 Å². The van der Waals surface area contributed by atoms with Crippen molar-refractivity contribution in [2.45, 2.75) is 57.5 Å². The number of halogens is 1. The van der Waals surface area contributed by atoms with Gasteiger partial charge >= 0.3 is 0 Å². The van der Waals surface area contributed by atoms with Crippen molar-refractivity contribution >= 4 is 17.5 Å². The molecule has 31 heavy (non-hydrogen) atoms. The van der Waals surface area contributed by atoms with Crippen LogP contribution in [0.15, 0.2) is 48.5 Å². The zero-order valence-electron chi connectivity index (χ0n) is 18.3. The van der Waals surface area contributed by atoms with E-state index in [1.54, 1.807) is 12.1 Å². The quantitative estimate of drug-likeness (QED) is 0.666. The number of carbonyl (C=O) groups excluding carboxylic acids is 2. The Bertz CT molecular complexity index is 879. The number of rotatable bonds is 8. The lowest BCUT2D eigenvalue weighted by atomic mass is 9.94. The molecule has 166 valence electrons. The van der Waals surface area contributed by atoms with Crippen molar-refractivity contribution in [1.29, 1.82) is 0 Å². The van der Waals surface area contributed by atoms with Gasteiger partial charge in [0.2, 0.25) is 11.8 Å². The molecule has 1 fully saturated rings. The highest BCUT2D eigenvalue weighted by Gasteiger charge is 2.34. The Balaban J connectivity index is 2.01. The zero-order valence-corrected chi connectivity index (χ0v) is 18.3. The first-order valence-electron chi connectivity index (χ1n) is 10.9. The number of carbonyl (C=O) groups is 2. The molecule has 0 saturated heterocycles. The van der Waals surface area contributed by atoms with Crippen molar-refractivity contribution in [2.24, 2.45) is 0 Å². The van der Waals surface area contributed by atoms with Crippen molar-refractivity contribution in [3.8, 4) is 0 Å². The van der Waals surface area contributed by atoms with Gasteiger partial charge in [0.25, 0.3) is 0 Å². The molecule has 0 aliphatic heterocycles. The third kappa shape index (κ3) is 6.14. The predicted molar refractivity (Wildman–Crippen MR) is 119 cm³/mol. The van der Waals surface area contributed by atoms with Crippen LogP contribution in [-0.4, -0.2) is 31.6 Å². The maximum atomic E-state index is 13.6. The van der Waals surface area contributed by atoms with Crippen LogP contribution in [0.3, 0.4) is 0 Å². The third-order valence-corrected chi connectivity index (χ3v) is 5.71. The van der Waals surface area contributed by atoms with Crippen molar-refractivity contribution in [3.05, 3.63) is 65.5 Å². The molecule has 2 aromatic carbocycles. The fraction of sp³-hybridized carbons (Fsp3) is 0.440. The number of anilines is 1. The van der Waals surface area contributed by atoms with Crippen LogP contribution in [0.1, 0.15) is 55.7 Å². The van der Waals surface area contributed by atoms with Gasteiger partial charge in [0.15, 0.2) is 0 Å². The Labute approximate surface area is 183 Å². The molecule has 1 aliphatic rings. The standard InChI is InChI=1S/C25H31FN2O3/c1-18-7-6-10-22(17-18)28(23(29)15-16-31-2)24(19-11-13-20(26)14-12-19)25(30)27-21-8-4-3-5-9-21/h6-7,10-14,17,21,24H,3-5,8-9,15-16H2,1-2H3,(H,27,30)/t24-/m0/s1. The van der Waals surface area contributed by atoms with Gasteiger partial charge in [-0.25, -0.2) is 4.39 Å². The molecular weight excluding hydrogens is 395 g/mol. The molecule has 6 heteroatoms. The predicted octanol–water partition coefficient (Wildman–Crippen LogP) is 4.69. The van der Waals surface area contributed by atoms with Crippen LogP contribution in [0.5, 0.6) is 0 Å². The van der Waals surface area contributed by atoms with Crippen molar-refractivity contribution in [1.82, 2.24) is 5.32 Å². The lowest BCUT2D eigenvalue weighted by Crippen LogP contribution is -2.47. The van der Waals surface area contributed by atoms with Crippen LogP contribution < -0.4 is 10.2 Å². The summed E-state index contributed by atoms with van der Waals surface area (Å²) < 4.78 is 18.7. The maximum Gasteiger partial charge on any atom is 0.248 e. The molecule has 1 atom stereocenters. The second kappa shape index (κ2) is 11.0. The lowest BCUT2D eigenvalue weighted by molar-refractivity contribution is -0.127. The highest BCUT2D eigenvalue weighted by Crippen LogP contribution is 2.30. The van der Waals surface area contributed by atoms with E-state index in [4.69, 9.17) is 4.74 Å². The van der Waals surface area contributed by atoms with Crippen molar-refractivity contribution < 1.29 is 18.7 Å². The van der Waals surface area contributed by atoms with Crippen LogP contribution in [0.2, 0.25) is 0 Å². The summed E-state index contributed by atoms with van der Waals surface area (Å²) in [4.78, 5) is 28.4. The maximum absolute atomic E-state index is 13.6. The summed E-state index contributed by atoms with van der Waals surface area (Å²) in [6, 6.07) is 12.5. The molecule has 0 spiro atoms. The molecule has 5 nitrogen and oxygen atoms in total. The summed E-state index contributed by atoms with van der Waals surface area (Å²) in [5, 5.41) is 3.15. The average Bonchev–Trinajstić information content (AvgIpc) is 2.77. The molecule has 2 amide bonds. The van der Waals surface area contributed by atoms with Gasteiger partial charge in [-0.05, 0) is 55.2 Å². The van der Waals surface area contributed by atoms with E-state index in [-0.39, 0.29) is 36.7 Å². The first kappa shape index (κ1) is 22.9. The summed E-state index contributed by atoms with van der Waals surface area (Å²) in [7, 11) is 1.54. The number of amides is 2. The van der Waals surface area contributed by atoms with Gasteiger partial charge in [-0.15, -0.1) is 0 Å². The first-order valence-corrected chi connectivity index (χ1v) is 10.9. The molecule has 0 radical (unpaired) electrons. The monoisotopic (exact) mass is 426 g/mol.